The van der Waals surface area contributed by atoms with Gasteiger partial charge in [0.1, 0.15) is 5.82 Å². The molecule has 0 saturated carbocycles. The first-order valence-electron chi connectivity index (χ1n) is 9.37. The Morgan fingerprint density at radius 1 is 1.29 bits per heavy atom. The van der Waals surface area contributed by atoms with Crippen molar-refractivity contribution in [2.75, 3.05) is 26.3 Å². The summed E-state index contributed by atoms with van der Waals surface area (Å²) in [5.74, 6) is 1.21. The molecule has 1 amide bonds. The highest BCUT2D eigenvalue weighted by Crippen LogP contribution is 2.20. The summed E-state index contributed by atoms with van der Waals surface area (Å²) in [6.07, 6.45) is 9.64. The van der Waals surface area contributed by atoms with Gasteiger partial charge in [0.25, 0.3) is 0 Å². The fourth-order valence-corrected chi connectivity index (χ4v) is 3.84. The second-order valence-corrected chi connectivity index (χ2v) is 6.86. The summed E-state index contributed by atoms with van der Waals surface area (Å²) in [7, 11) is 0. The monoisotopic (exact) mass is 334 g/mol. The smallest absolute Gasteiger partial charge is 0.222 e. The Bertz CT molecular complexity index is 517. The van der Waals surface area contributed by atoms with Gasteiger partial charge in [0, 0.05) is 70.2 Å². The first kappa shape index (κ1) is 17.4. The molecule has 3 heterocycles. The lowest BCUT2D eigenvalue weighted by molar-refractivity contribution is -0.122. The van der Waals surface area contributed by atoms with Crippen molar-refractivity contribution in [2.24, 2.45) is 0 Å². The maximum absolute atomic E-state index is 12.2. The molecule has 0 bridgehead atoms. The average Bonchev–Trinajstić information content (AvgIpc) is 3.09. The molecule has 3 rings (SSSR count). The van der Waals surface area contributed by atoms with Crippen molar-refractivity contribution in [1.82, 2.24) is 19.8 Å². The zero-order chi connectivity index (χ0) is 16.8. The first-order chi connectivity index (χ1) is 11.8. The largest absolute Gasteiger partial charge is 0.381 e. The number of hydrogen-bond acceptors (Lipinski definition) is 4. The Morgan fingerprint density at radius 2 is 2.04 bits per heavy atom. The number of carbonyl (C=O) groups excluding carboxylic acids is 1. The summed E-state index contributed by atoms with van der Waals surface area (Å²) in [4.78, 5) is 19.1. The minimum Gasteiger partial charge on any atom is -0.381 e. The predicted molar refractivity (Wildman–Crippen MR) is 92.8 cm³/mol. The second kappa shape index (κ2) is 8.62. The molecule has 0 aromatic carbocycles. The number of nitrogens with one attached hydrogen (secondary N) is 1. The van der Waals surface area contributed by atoms with E-state index in [1.807, 2.05) is 12.4 Å². The SMILES string of the molecule is CCc1nccn1CCC(=O)NC1CCN(C2CCOCC2)CC1. The Kier molecular flexibility index (Phi) is 6.26. The summed E-state index contributed by atoms with van der Waals surface area (Å²) in [6.45, 7) is 6.79. The van der Waals surface area contributed by atoms with E-state index in [2.05, 4.69) is 26.7 Å². The van der Waals surface area contributed by atoms with Crippen LogP contribution in [0.3, 0.4) is 0 Å². The van der Waals surface area contributed by atoms with E-state index in [0.29, 0.717) is 18.5 Å². The van der Waals surface area contributed by atoms with E-state index in [1.54, 1.807) is 0 Å². The van der Waals surface area contributed by atoms with Crippen LogP contribution in [0.1, 0.15) is 44.9 Å². The van der Waals surface area contributed by atoms with Crippen LogP contribution in [0.4, 0.5) is 0 Å². The maximum Gasteiger partial charge on any atom is 0.222 e. The number of likely N-dealkylation sites (tertiary alicyclic amines) is 1. The highest BCUT2D eigenvalue weighted by molar-refractivity contribution is 5.76. The zero-order valence-electron chi connectivity index (χ0n) is 14.7. The maximum atomic E-state index is 12.2. The van der Waals surface area contributed by atoms with Gasteiger partial charge < -0.3 is 19.5 Å². The van der Waals surface area contributed by atoms with Crippen LogP contribution in [0.25, 0.3) is 0 Å². The third-order valence-electron chi connectivity index (χ3n) is 5.30. The number of hydrogen-bond donors (Lipinski definition) is 1. The van der Waals surface area contributed by atoms with E-state index < -0.39 is 0 Å². The molecule has 6 nitrogen and oxygen atoms in total. The van der Waals surface area contributed by atoms with Crippen molar-refractivity contribution in [3.63, 3.8) is 0 Å². The number of nitrogens with zero attached hydrogens (tertiary/aromatic N) is 3. The standard InChI is InChI=1S/C18H30N4O2/c1-2-17-19-8-12-22(17)11-5-18(23)20-15-3-9-21(10-4-15)16-6-13-24-14-7-16/h8,12,15-16H,2-7,9-11,13-14H2,1H3,(H,20,23). The Morgan fingerprint density at radius 3 is 2.75 bits per heavy atom. The number of amides is 1. The number of imidazole rings is 1. The van der Waals surface area contributed by atoms with Crippen LogP contribution < -0.4 is 5.32 Å². The highest BCUT2D eigenvalue weighted by atomic mass is 16.5. The van der Waals surface area contributed by atoms with Crippen molar-refractivity contribution in [2.45, 2.75) is 64.1 Å². The molecule has 1 aromatic heterocycles. The Hall–Kier alpha value is -1.40. The van der Waals surface area contributed by atoms with Gasteiger partial charge in [0.2, 0.25) is 5.91 Å². The van der Waals surface area contributed by atoms with Gasteiger partial charge in [-0.1, -0.05) is 6.92 Å². The Balaban J connectivity index is 1.37. The second-order valence-electron chi connectivity index (χ2n) is 6.86. The van der Waals surface area contributed by atoms with Crippen molar-refractivity contribution < 1.29 is 9.53 Å². The van der Waals surface area contributed by atoms with Crippen LogP contribution in [-0.4, -0.2) is 58.7 Å². The third kappa shape index (κ3) is 4.57. The van der Waals surface area contributed by atoms with Crippen LogP contribution in [0, 0.1) is 0 Å². The average molecular weight is 334 g/mol. The number of aromatic nitrogens is 2. The highest BCUT2D eigenvalue weighted by Gasteiger charge is 2.26. The molecule has 0 aliphatic carbocycles. The first-order valence-corrected chi connectivity index (χ1v) is 9.37. The van der Waals surface area contributed by atoms with Crippen LogP contribution in [0.5, 0.6) is 0 Å². The van der Waals surface area contributed by atoms with E-state index in [0.717, 1.165) is 70.8 Å². The van der Waals surface area contributed by atoms with Crippen molar-refractivity contribution >= 4 is 5.91 Å². The van der Waals surface area contributed by atoms with Crippen molar-refractivity contribution in [3.8, 4) is 0 Å². The van der Waals surface area contributed by atoms with Crippen molar-refractivity contribution in [3.05, 3.63) is 18.2 Å². The predicted octanol–water partition coefficient (Wildman–Crippen LogP) is 1.60. The Labute approximate surface area is 144 Å². The van der Waals surface area contributed by atoms with E-state index in [-0.39, 0.29) is 5.91 Å². The number of piperidine rings is 1. The lowest BCUT2D eigenvalue weighted by Gasteiger charge is -2.39. The minimum atomic E-state index is 0.162. The van der Waals surface area contributed by atoms with Crippen LogP contribution in [0.15, 0.2) is 12.4 Å². The van der Waals surface area contributed by atoms with Gasteiger partial charge in [0.15, 0.2) is 0 Å². The number of carbonyl (C=O) groups is 1. The van der Waals surface area contributed by atoms with Crippen LogP contribution in [0.2, 0.25) is 0 Å². The fourth-order valence-electron chi connectivity index (χ4n) is 3.84. The molecule has 2 fully saturated rings. The molecule has 0 unspecified atom stereocenters. The van der Waals surface area contributed by atoms with Crippen LogP contribution in [-0.2, 0) is 22.5 Å². The van der Waals surface area contributed by atoms with E-state index >= 15 is 0 Å². The quantitative estimate of drug-likeness (QED) is 0.858. The van der Waals surface area contributed by atoms with Gasteiger partial charge in [-0.25, -0.2) is 4.98 Å². The molecule has 2 aliphatic rings. The fraction of sp³-hybridized carbons (Fsp3) is 0.778. The molecule has 24 heavy (non-hydrogen) atoms. The molecule has 1 N–H and O–H groups in total. The number of aryl methyl sites for hydroxylation is 2. The minimum absolute atomic E-state index is 0.162. The van der Waals surface area contributed by atoms with Gasteiger partial charge >= 0.3 is 0 Å². The molecular weight excluding hydrogens is 304 g/mol. The number of ether oxygens (including phenoxy) is 1. The molecule has 0 spiro atoms. The number of rotatable bonds is 6. The molecule has 2 aliphatic heterocycles. The third-order valence-corrected chi connectivity index (χ3v) is 5.30. The van der Waals surface area contributed by atoms with Crippen molar-refractivity contribution in [1.29, 1.82) is 0 Å². The van der Waals surface area contributed by atoms with E-state index in [9.17, 15) is 4.79 Å². The van der Waals surface area contributed by atoms with Gasteiger partial charge in [0.05, 0.1) is 0 Å². The molecule has 2 saturated heterocycles. The van der Waals surface area contributed by atoms with Gasteiger partial charge in [-0.05, 0) is 25.7 Å². The lowest BCUT2D eigenvalue weighted by atomic mass is 9.99. The van der Waals surface area contributed by atoms with E-state index in [1.165, 1.54) is 0 Å². The summed E-state index contributed by atoms with van der Waals surface area (Å²) in [5.41, 5.74) is 0. The molecular formula is C18H30N4O2. The lowest BCUT2D eigenvalue weighted by Crippen LogP contribution is -2.49. The summed E-state index contributed by atoms with van der Waals surface area (Å²) in [6, 6.07) is 1.02. The molecule has 134 valence electrons. The molecule has 0 radical (unpaired) electrons. The van der Waals surface area contributed by atoms with Gasteiger partial charge in [-0.3, -0.25) is 4.79 Å². The molecule has 0 atom stereocenters. The summed E-state index contributed by atoms with van der Waals surface area (Å²) >= 11 is 0. The summed E-state index contributed by atoms with van der Waals surface area (Å²) < 4.78 is 7.52. The normalized spacial score (nSPS) is 21.0. The topological polar surface area (TPSA) is 59.4 Å². The van der Waals surface area contributed by atoms with Crippen LogP contribution >= 0.6 is 0 Å². The van der Waals surface area contributed by atoms with Gasteiger partial charge in [-0.2, -0.15) is 0 Å². The zero-order valence-corrected chi connectivity index (χ0v) is 14.7. The molecule has 6 heteroatoms. The van der Waals surface area contributed by atoms with Gasteiger partial charge in [-0.15, -0.1) is 0 Å². The van der Waals surface area contributed by atoms with E-state index in [4.69, 9.17) is 4.74 Å². The summed E-state index contributed by atoms with van der Waals surface area (Å²) in [5, 5.41) is 3.22. The molecule has 1 aromatic rings.